The highest BCUT2D eigenvalue weighted by molar-refractivity contribution is 5.89. The monoisotopic (exact) mass is 371 g/mol. The Hall–Kier alpha value is -4.36. The zero-order valence-electron chi connectivity index (χ0n) is 14.7. The SMILES string of the molecule is COc1cc([N+](=O)[O-])ccc1-c1ccc(/C=C(/C#N)c2cccc(C#N)c2)o1. The number of rotatable bonds is 5. The number of hydrogen-bond donors (Lipinski definition) is 0. The molecule has 3 rings (SSSR count). The van der Waals surface area contributed by atoms with Crippen LogP contribution in [-0.2, 0) is 0 Å². The van der Waals surface area contributed by atoms with Crippen LogP contribution in [0.4, 0.5) is 5.69 Å². The van der Waals surface area contributed by atoms with Gasteiger partial charge in [0.25, 0.3) is 5.69 Å². The number of methoxy groups -OCH3 is 1. The number of furan rings is 1. The molecule has 0 saturated heterocycles. The van der Waals surface area contributed by atoms with Gasteiger partial charge in [0.1, 0.15) is 17.3 Å². The van der Waals surface area contributed by atoms with Gasteiger partial charge in [0.15, 0.2) is 0 Å². The smallest absolute Gasteiger partial charge is 0.273 e. The summed E-state index contributed by atoms with van der Waals surface area (Å²) in [6.07, 6.45) is 1.57. The lowest BCUT2D eigenvalue weighted by atomic mass is 10.0. The van der Waals surface area contributed by atoms with Gasteiger partial charge in [-0.1, -0.05) is 12.1 Å². The van der Waals surface area contributed by atoms with Crippen molar-refractivity contribution in [2.24, 2.45) is 0 Å². The maximum atomic E-state index is 10.9. The molecule has 0 spiro atoms. The van der Waals surface area contributed by atoms with Gasteiger partial charge in [-0.2, -0.15) is 10.5 Å². The summed E-state index contributed by atoms with van der Waals surface area (Å²) in [5, 5.41) is 29.4. The molecule has 0 aliphatic heterocycles. The van der Waals surface area contributed by atoms with Crippen molar-refractivity contribution in [1.82, 2.24) is 0 Å². The third-order valence-electron chi connectivity index (χ3n) is 4.00. The molecule has 0 atom stereocenters. The Labute approximate surface area is 160 Å². The molecule has 0 bridgehead atoms. The molecule has 1 heterocycles. The minimum absolute atomic E-state index is 0.0867. The van der Waals surface area contributed by atoms with Crippen LogP contribution in [0.2, 0.25) is 0 Å². The highest BCUT2D eigenvalue weighted by Gasteiger charge is 2.15. The molecule has 0 aliphatic carbocycles. The Morgan fingerprint density at radius 2 is 2.00 bits per heavy atom. The Kier molecular flexibility index (Phi) is 5.20. The standard InChI is InChI=1S/C21H13N3O4/c1-27-21-11-17(24(25)26)5-7-19(21)20-8-6-18(28-20)10-16(13-23)15-4-2-3-14(9-15)12-22/h2-11H,1H3/b16-10-. The van der Waals surface area contributed by atoms with Gasteiger partial charge >= 0.3 is 0 Å². The molecule has 136 valence electrons. The first kappa shape index (κ1) is 18.4. The molecule has 0 saturated carbocycles. The van der Waals surface area contributed by atoms with E-state index in [1.165, 1.54) is 19.2 Å². The van der Waals surface area contributed by atoms with Gasteiger partial charge in [-0.25, -0.2) is 0 Å². The van der Waals surface area contributed by atoms with Gasteiger partial charge in [0.2, 0.25) is 0 Å². The van der Waals surface area contributed by atoms with Crippen molar-refractivity contribution < 1.29 is 14.1 Å². The summed E-state index contributed by atoms with van der Waals surface area (Å²) in [6, 6.07) is 18.5. The van der Waals surface area contributed by atoms with Crippen molar-refractivity contribution in [1.29, 1.82) is 10.5 Å². The number of ether oxygens (including phenoxy) is 1. The van der Waals surface area contributed by atoms with E-state index >= 15 is 0 Å². The van der Waals surface area contributed by atoms with Gasteiger partial charge in [0, 0.05) is 6.07 Å². The predicted molar refractivity (Wildman–Crippen MR) is 102 cm³/mol. The fraction of sp³-hybridized carbons (Fsp3) is 0.0476. The second-order valence-corrected chi connectivity index (χ2v) is 5.71. The Bertz CT molecular complexity index is 1160. The molecule has 2 aromatic carbocycles. The van der Waals surface area contributed by atoms with E-state index in [9.17, 15) is 15.4 Å². The Morgan fingerprint density at radius 3 is 2.68 bits per heavy atom. The first-order chi connectivity index (χ1) is 13.5. The zero-order chi connectivity index (χ0) is 20.1. The van der Waals surface area contributed by atoms with Gasteiger partial charge in [-0.3, -0.25) is 10.1 Å². The van der Waals surface area contributed by atoms with E-state index in [0.717, 1.165) is 0 Å². The Morgan fingerprint density at radius 1 is 1.18 bits per heavy atom. The van der Waals surface area contributed by atoms with Crippen LogP contribution in [-0.4, -0.2) is 12.0 Å². The number of nitrogens with zero attached hydrogens (tertiary/aromatic N) is 3. The van der Waals surface area contributed by atoms with E-state index in [1.54, 1.807) is 48.5 Å². The normalized spacial score (nSPS) is 10.8. The summed E-state index contributed by atoms with van der Waals surface area (Å²) < 4.78 is 11.0. The van der Waals surface area contributed by atoms with Crippen molar-refractivity contribution in [3.8, 4) is 29.2 Å². The summed E-state index contributed by atoms with van der Waals surface area (Å²) in [6.45, 7) is 0. The van der Waals surface area contributed by atoms with Crippen LogP contribution in [0.5, 0.6) is 5.75 Å². The summed E-state index contributed by atoms with van der Waals surface area (Å²) >= 11 is 0. The third-order valence-corrected chi connectivity index (χ3v) is 4.00. The fourth-order valence-electron chi connectivity index (χ4n) is 2.65. The molecule has 7 nitrogen and oxygen atoms in total. The van der Waals surface area contributed by atoms with Crippen molar-refractivity contribution in [3.63, 3.8) is 0 Å². The number of nitro groups is 1. The van der Waals surface area contributed by atoms with Crippen molar-refractivity contribution >= 4 is 17.3 Å². The average Bonchev–Trinajstić information content (AvgIpc) is 3.19. The zero-order valence-corrected chi connectivity index (χ0v) is 14.7. The highest BCUT2D eigenvalue weighted by atomic mass is 16.6. The second-order valence-electron chi connectivity index (χ2n) is 5.71. The molecule has 0 unspecified atom stereocenters. The largest absolute Gasteiger partial charge is 0.496 e. The molecule has 0 fully saturated rings. The van der Waals surface area contributed by atoms with Gasteiger partial charge in [-0.15, -0.1) is 0 Å². The van der Waals surface area contributed by atoms with E-state index < -0.39 is 4.92 Å². The quantitative estimate of drug-likeness (QED) is 0.362. The number of allylic oxidation sites excluding steroid dienone is 1. The first-order valence-corrected chi connectivity index (χ1v) is 8.10. The minimum atomic E-state index is -0.503. The molecular weight excluding hydrogens is 358 g/mol. The molecule has 0 amide bonds. The maximum Gasteiger partial charge on any atom is 0.273 e. The van der Waals surface area contributed by atoms with Gasteiger partial charge in [-0.05, 0) is 42.0 Å². The van der Waals surface area contributed by atoms with Gasteiger partial charge in [0.05, 0.1) is 46.9 Å². The second kappa shape index (κ2) is 7.90. The molecular formula is C21H13N3O4. The molecule has 7 heteroatoms. The van der Waals surface area contributed by atoms with Crippen LogP contribution in [0.1, 0.15) is 16.9 Å². The lowest BCUT2D eigenvalue weighted by Gasteiger charge is -2.05. The molecule has 0 radical (unpaired) electrons. The third kappa shape index (κ3) is 3.74. The van der Waals surface area contributed by atoms with Crippen LogP contribution >= 0.6 is 0 Å². The number of nitriles is 2. The van der Waals surface area contributed by atoms with E-state index in [0.29, 0.717) is 39.5 Å². The minimum Gasteiger partial charge on any atom is -0.496 e. The van der Waals surface area contributed by atoms with Crippen molar-refractivity contribution in [2.75, 3.05) is 7.11 Å². The lowest BCUT2D eigenvalue weighted by Crippen LogP contribution is -1.92. The Balaban J connectivity index is 1.98. The van der Waals surface area contributed by atoms with E-state index in [2.05, 4.69) is 6.07 Å². The van der Waals surface area contributed by atoms with Crippen LogP contribution < -0.4 is 4.74 Å². The molecule has 3 aromatic rings. The molecule has 0 N–H and O–H groups in total. The summed E-state index contributed by atoms with van der Waals surface area (Å²) in [7, 11) is 1.42. The topological polar surface area (TPSA) is 113 Å². The fourth-order valence-corrected chi connectivity index (χ4v) is 2.65. The lowest BCUT2D eigenvalue weighted by molar-refractivity contribution is -0.384. The van der Waals surface area contributed by atoms with Crippen LogP contribution in [0, 0.1) is 32.8 Å². The highest BCUT2D eigenvalue weighted by Crippen LogP contribution is 2.34. The first-order valence-electron chi connectivity index (χ1n) is 8.10. The summed E-state index contributed by atoms with van der Waals surface area (Å²) in [5.74, 6) is 1.18. The van der Waals surface area contributed by atoms with Crippen LogP contribution in [0.3, 0.4) is 0 Å². The van der Waals surface area contributed by atoms with Crippen molar-refractivity contribution in [3.05, 3.63) is 81.6 Å². The summed E-state index contributed by atoms with van der Waals surface area (Å²) in [5.41, 5.74) is 1.87. The average molecular weight is 371 g/mol. The van der Waals surface area contributed by atoms with Gasteiger partial charge < -0.3 is 9.15 Å². The summed E-state index contributed by atoms with van der Waals surface area (Å²) in [4.78, 5) is 10.4. The van der Waals surface area contributed by atoms with E-state index in [1.807, 2.05) is 6.07 Å². The number of benzene rings is 2. The van der Waals surface area contributed by atoms with E-state index in [-0.39, 0.29) is 5.69 Å². The molecule has 28 heavy (non-hydrogen) atoms. The number of hydrogen-bond acceptors (Lipinski definition) is 6. The van der Waals surface area contributed by atoms with Crippen LogP contribution in [0.15, 0.2) is 59.0 Å². The molecule has 0 aliphatic rings. The van der Waals surface area contributed by atoms with Crippen molar-refractivity contribution in [2.45, 2.75) is 0 Å². The molecule has 1 aromatic heterocycles. The number of nitro benzene ring substituents is 1. The van der Waals surface area contributed by atoms with Crippen LogP contribution in [0.25, 0.3) is 23.0 Å². The predicted octanol–water partition coefficient (Wildman–Crippen LogP) is 4.80. The maximum absolute atomic E-state index is 10.9. The van der Waals surface area contributed by atoms with E-state index in [4.69, 9.17) is 14.4 Å². The number of non-ortho nitro benzene ring substituents is 1.